The van der Waals surface area contributed by atoms with Crippen molar-refractivity contribution in [2.24, 2.45) is 0 Å². The molecule has 10 heavy (non-hydrogen) atoms. The maximum atomic E-state index is 5.24. The number of hydrogen-bond acceptors (Lipinski definition) is 1. The fourth-order valence-corrected chi connectivity index (χ4v) is 1.30. The van der Waals surface area contributed by atoms with E-state index in [1.807, 2.05) is 0 Å². The van der Waals surface area contributed by atoms with E-state index < -0.39 is 0 Å². The lowest BCUT2D eigenvalue weighted by Gasteiger charge is -1.94. The molecule has 1 nitrogen and oxygen atoms in total. The van der Waals surface area contributed by atoms with Crippen LogP contribution in [0, 0.1) is 0 Å². The van der Waals surface area contributed by atoms with E-state index in [4.69, 9.17) is 4.74 Å². The predicted molar refractivity (Wildman–Crippen MR) is 40.7 cm³/mol. The Morgan fingerprint density at radius 2 is 2.00 bits per heavy atom. The molecule has 52 valence electrons. The number of rotatable bonds is 0. The van der Waals surface area contributed by atoms with Gasteiger partial charge < -0.3 is 4.74 Å². The minimum Gasteiger partial charge on any atom is -0.377 e. The zero-order valence-electron chi connectivity index (χ0n) is 5.84. The molecule has 1 aliphatic carbocycles. The van der Waals surface area contributed by atoms with Gasteiger partial charge in [-0.05, 0) is 17.6 Å². The normalized spacial score (nSPS) is 23.2. The molecule has 0 unspecified atom stereocenters. The van der Waals surface area contributed by atoms with E-state index in [0.717, 1.165) is 19.6 Å². The molecule has 0 amide bonds. The average molecular weight is 134 g/mol. The van der Waals surface area contributed by atoms with Crippen molar-refractivity contribution in [2.75, 3.05) is 13.2 Å². The van der Waals surface area contributed by atoms with E-state index in [-0.39, 0.29) is 0 Å². The quantitative estimate of drug-likeness (QED) is 0.491. The molecule has 1 aliphatic heterocycles. The minimum atomic E-state index is 0.837. The summed E-state index contributed by atoms with van der Waals surface area (Å²) < 4.78 is 5.24. The highest BCUT2D eigenvalue weighted by molar-refractivity contribution is 5.44. The summed E-state index contributed by atoms with van der Waals surface area (Å²) in [6.07, 6.45) is 9.54. The van der Waals surface area contributed by atoms with Crippen LogP contribution >= 0.6 is 0 Å². The fourth-order valence-electron chi connectivity index (χ4n) is 1.30. The van der Waals surface area contributed by atoms with Crippen LogP contribution in [-0.2, 0) is 4.74 Å². The van der Waals surface area contributed by atoms with Gasteiger partial charge in [0.05, 0.1) is 13.2 Å². The van der Waals surface area contributed by atoms with Crippen LogP contribution in [0.15, 0.2) is 35.5 Å². The van der Waals surface area contributed by atoms with Crippen molar-refractivity contribution in [3.8, 4) is 0 Å². The molecule has 2 aliphatic rings. The number of ether oxygens (including phenoxy) is 1. The molecule has 2 rings (SSSR count). The second-order valence-corrected chi connectivity index (χ2v) is 2.58. The molecule has 0 aromatic heterocycles. The van der Waals surface area contributed by atoms with Crippen LogP contribution < -0.4 is 0 Å². The molecule has 0 spiro atoms. The standard InChI is InChI=1S/C9H10O/c1-2-4-8(3-1)9-5-6-10-7-9/h1-4H,5-7H2. The van der Waals surface area contributed by atoms with Crippen LogP contribution in [0.3, 0.4) is 0 Å². The Hall–Kier alpha value is -0.820. The fraction of sp³-hybridized carbons (Fsp3) is 0.333. The van der Waals surface area contributed by atoms with Crippen molar-refractivity contribution in [3.05, 3.63) is 35.5 Å². The van der Waals surface area contributed by atoms with Gasteiger partial charge in [-0.2, -0.15) is 0 Å². The average Bonchev–Trinajstić information content (AvgIpc) is 2.59. The highest BCUT2D eigenvalue weighted by Gasteiger charge is 2.10. The van der Waals surface area contributed by atoms with Crippen molar-refractivity contribution < 1.29 is 4.74 Å². The minimum absolute atomic E-state index is 0.837. The summed E-state index contributed by atoms with van der Waals surface area (Å²) in [4.78, 5) is 0. The van der Waals surface area contributed by atoms with Crippen molar-refractivity contribution in [2.45, 2.75) is 6.42 Å². The van der Waals surface area contributed by atoms with E-state index in [1.165, 1.54) is 11.1 Å². The van der Waals surface area contributed by atoms with Crippen molar-refractivity contribution in [1.82, 2.24) is 0 Å². The topological polar surface area (TPSA) is 9.23 Å². The summed E-state index contributed by atoms with van der Waals surface area (Å²) in [6.45, 7) is 1.74. The van der Waals surface area contributed by atoms with Crippen LogP contribution in [0.25, 0.3) is 0 Å². The van der Waals surface area contributed by atoms with E-state index in [1.54, 1.807) is 0 Å². The molecule has 0 aromatic rings. The predicted octanol–water partition coefficient (Wildman–Crippen LogP) is 1.83. The molecule has 0 aromatic carbocycles. The Bertz CT molecular complexity index is 199. The first kappa shape index (κ1) is 5.93. The molecule has 1 heterocycles. The lowest BCUT2D eigenvalue weighted by molar-refractivity contribution is 0.204. The van der Waals surface area contributed by atoms with Gasteiger partial charge in [0.25, 0.3) is 0 Å². The molecular formula is C9H10O. The molecule has 1 saturated heterocycles. The lowest BCUT2D eigenvalue weighted by Crippen LogP contribution is -1.84. The van der Waals surface area contributed by atoms with Gasteiger partial charge in [-0.15, -0.1) is 0 Å². The molecule has 0 atom stereocenters. The van der Waals surface area contributed by atoms with Crippen LogP contribution in [0.4, 0.5) is 0 Å². The third-order valence-electron chi connectivity index (χ3n) is 1.90. The number of hydrogen-bond donors (Lipinski definition) is 0. The summed E-state index contributed by atoms with van der Waals surface area (Å²) in [7, 11) is 0. The molecule has 0 radical (unpaired) electrons. The van der Waals surface area contributed by atoms with Gasteiger partial charge in [-0.3, -0.25) is 0 Å². The van der Waals surface area contributed by atoms with Crippen molar-refractivity contribution >= 4 is 0 Å². The largest absolute Gasteiger partial charge is 0.377 e. The van der Waals surface area contributed by atoms with Gasteiger partial charge in [0.1, 0.15) is 0 Å². The number of allylic oxidation sites excluding steroid dienone is 5. The maximum Gasteiger partial charge on any atom is 0.0686 e. The monoisotopic (exact) mass is 134 g/mol. The Morgan fingerprint density at radius 1 is 1.20 bits per heavy atom. The van der Waals surface area contributed by atoms with Gasteiger partial charge in [0.15, 0.2) is 0 Å². The van der Waals surface area contributed by atoms with Crippen LogP contribution in [-0.4, -0.2) is 13.2 Å². The Kier molecular flexibility index (Phi) is 1.44. The summed E-state index contributed by atoms with van der Waals surface area (Å²) in [6, 6.07) is 0. The van der Waals surface area contributed by atoms with E-state index in [0.29, 0.717) is 0 Å². The molecule has 1 fully saturated rings. The van der Waals surface area contributed by atoms with E-state index >= 15 is 0 Å². The molecule has 0 N–H and O–H groups in total. The van der Waals surface area contributed by atoms with Crippen LogP contribution in [0.2, 0.25) is 0 Å². The smallest absolute Gasteiger partial charge is 0.0686 e. The van der Waals surface area contributed by atoms with Crippen LogP contribution in [0.5, 0.6) is 0 Å². The van der Waals surface area contributed by atoms with E-state index in [2.05, 4.69) is 24.3 Å². The van der Waals surface area contributed by atoms with Crippen molar-refractivity contribution in [3.63, 3.8) is 0 Å². The second kappa shape index (κ2) is 2.43. The summed E-state index contributed by atoms with van der Waals surface area (Å²) in [5, 5.41) is 0. The van der Waals surface area contributed by atoms with Gasteiger partial charge in [0, 0.05) is 0 Å². The summed E-state index contributed by atoms with van der Waals surface area (Å²) in [5.74, 6) is 0. The van der Waals surface area contributed by atoms with Crippen molar-refractivity contribution in [1.29, 1.82) is 0 Å². The zero-order chi connectivity index (χ0) is 6.81. The van der Waals surface area contributed by atoms with Crippen LogP contribution in [0.1, 0.15) is 6.42 Å². The summed E-state index contributed by atoms with van der Waals surface area (Å²) >= 11 is 0. The Balaban J connectivity index is 2.26. The first-order chi connectivity index (χ1) is 4.97. The molecule has 0 saturated carbocycles. The first-order valence-electron chi connectivity index (χ1n) is 3.61. The lowest BCUT2D eigenvalue weighted by atomic mass is 10.1. The van der Waals surface area contributed by atoms with Gasteiger partial charge in [0.2, 0.25) is 0 Å². The van der Waals surface area contributed by atoms with Gasteiger partial charge in [-0.25, -0.2) is 0 Å². The Morgan fingerprint density at radius 3 is 2.60 bits per heavy atom. The zero-order valence-corrected chi connectivity index (χ0v) is 5.84. The Labute approximate surface area is 60.7 Å². The third kappa shape index (κ3) is 0.929. The second-order valence-electron chi connectivity index (χ2n) is 2.58. The molecular weight excluding hydrogens is 124 g/mol. The van der Waals surface area contributed by atoms with Gasteiger partial charge in [-0.1, -0.05) is 24.3 Å². The maximum absolute atomic E-state index is 5.24. The SMILES string of the molecule is C1=CC(=C2CCOC2)C=C1. The molecule has 1 heteroatoms. The molecule has 0 bridgehead atoms. The van der Waals surface area contributed by atoms with Gasteiger partial charge >= 0.3 is 0 Å². The highest BCUT2D eigenvalue weighted by Crippen LogP contribution is 2.20. The highest BCUT2D eigenvalue weighted by atomic mass is 16.5. The summed E-state index contributed by atoms with van der Waals surface area (Å²) in [5.41, 5.74) is 2.81. The third-order valence-corrected chi connectivity index (χ3v) is 1.90. The van der Waals surface area contributed by atoms with E-state index in [9.17, 15) is 0 Å². The first-order valence-corrected chi connectivity index (χ1v) is 3.61.